The molecule has 1 saturated heterocycles. The summed E-state index contributed by atoms with van der Waals surface area (Å²) in [5, 5.41) is 11.7. The van der Waals surface area contributed by atoms with Gasteiger partial charge in [-0.1, -0.05) is 60.8 Å². The van der Waals surface area contributed by atoms with Crippen LogP contribution >= 0.6 is 23.2 Å². The second-order valence-corrected chi connectivity index (χ2v) is 8.01. The van der Waals surface area contributed by atoms with Gasteiger partial charge in [-0.2, -0.15) is 0 Å². The number of hydrogen-bond donors (Lipinski definition) is 1. The molecule has 0 saturated carbocycles. The fourth-order valence-electron chi connectivity index (χ4n) is 3.74. The number of hydrogen-bond acceptors (Lipinski definition) is 4. The van der Waals surface area contributed by atoms with Crippen molar-refractivity contribution in [3.63, 3.8) is 0 Å². The number of aryl methyl sites for hydroxylation is 1. The van der Waals surface area contributed by atoms with Gasteiger partial charge in [-0.05, 0) is 36.6 Å². The van der Waals surface area contributed by atoms with Crippen molar-refractivity contribution in [2.24, 2.45) is 0 Å². The van der Waals surface area contributed by atoms with Crippen LogP contribution in [0.25, 0.3) is 5.76 Å². The number of Topliss-reactive ketones (excluding diaryl/α,β-unsaturated/α-hetero) is 1. The predicted molar refractivity (Wildman–Crippen MR) is 118 cm³/mol. The Kier molecular flexibility index (Phi) is 6.74. The number of amides is 1. The Hall–Kier alpha value is -2.50. The summed E-state index contributed by atoms with van der Waals surface area (Å²) in [6.07, 6.45) is 1.60. The Balaban J connectivity index is 2.28. The molecule has 1 fully saturated rings. The van der Waals surface area contributed by atoms with Crippen molar-refractivity contribution in [3.8, 4) is 5.75 Å². The quantitative estimate of drug-likeness (QED) is 0.358. The van der Waals surface area contributed by atoms with Gasteiger partial charge in [0.1, 0.15) is 11.5 Å². The second kappa shape index (κ2) is 9.11. The lowest BCUT2D eigenvalue weighted by molar-refractivity contribution is -0.139. The number of aliphatic hydroxyl groups is 1. The molecule has 0 aliphatic carbocycles. The van der Waals surface area contributed by atoms with E-state index in [0.717, 1.165) is 24.0 Å². The molecule has 7 heteroatoms. The highest BCUT2D eigenvalue weighted by molar-refractivity contribution is 6.46. The van der Waals surface area contributed by atoms with Crippen LogP contribution in [0.4, 0.5) is 0 Å². The molecule has 1 N–H and O–H groups in total. The molecule has 5 nitrogen and oxygen atoms in total. The van der Waals surface area contributed by atoms with Crippen LogP contribution in [-0.4, -0.2) is 35.4 Å². The van der Waals surface area contributed by atoms with E-state index in [-0.39, 0.29) is 32.7 Å². The summed E-state index contributed by atoms with van der Waals surface area (Å²) in [5.74, 6) is -1.55. The van der Waals surface area contributed by atoms with E-state index in [0.29, 0.717) is 6.54 Å². The zero-order chi connectivity index (χ0) is 22.0. The monoisotopic (exact) mass is 447 g/mol. The van der Waals surface area contributed by atoms with Crippen LogP contribution in [0.3, 0.4) is 0 Å². The van der Waals surface area contributed by atoms with Crippen molar-refractivity contribution >= 4 is 40.7 Å². The van der Waals surface area contributed by atoms with Gasteiger partial charge in [0.25, 0.3) is 11.7 Å². The maximum atomic E-state index is 13.0. The van der Waals surface area contributed by atoms with E-state index in [2.05, 4.69) is 0 Å². The molecule has 1 amide bonds. The first-order valence-electron chi connectivity index (χ1n) is 9.69. The zero-order valence-electron chi connectivity index (χ0n) is 17.0. The van der Waals surface area contributed by atoms with E-state index >= 15 is 0 Å². The van der Waals surface area contributed by atoms with Crippen molar-refractivity contribution in [3.05, 3.63) is 68.7 Å². The number of aliphatic hydroxyl groups excluding tert-OH is 1. The summed E-state index contributed by atoms with van der Waals surface area (Å²) in [7, 11) is 1.41. The summed E-state index contributed by atoms with van der Waals surface area (Å²) in [6, 6.07) is 9.75. The minimum atomic E-state index is -0.741. The number of rotatable bonds is 6. The molecular formula is C23H23Cl2NO4. The van der Waals surface area contributed by atoms with Gasteiger partial charge in [-0.3, -0.25) is 9.59 Å². The number of methoxy groups -OCH3 is 1. The lowest BCUT2D eigenvalue weighted by atomic mass is 9.92. The van der Waals surface area contributed by atoms with E-state index in [4.69, 9.17) is 27.9 Å². The molecule has 0 aromatic heterocycles. The number of carbonyl (C=O) groups excluding carboxylic acids is 2. The van der Waals surface area contributed by atoms with Crippen LogP contribution in [0, 0.1) is 6.92 Å². The first kappa shape index (κ1) is 22.2. The van der Waals surface area contributed by atoms with Crippen LogP contribution < -0.4 is 4.74 Å². The van der Waals surface area contributed by atoms with Gasteiger partial charge in [0.05, 0.1) is 29.3 Å². The van der Waals surface area contributed by atoms with Crippen molar-refractivity contribution < 1.29 is 19.4 Å². The number of ketones is 1. The molecule has 158 valence electrons. The number of carbonyl (C=O) groups is 2. The van der Waals surface area contributed by atoms with E-state index in [1.54, 1.807) is 0 Å². The van der Waals surface area contributed by atoms with E-state index in [1.807, 2.05) is 38.1 Å². The lowest BCUT2D eigenvalue weighted by Gasteiger charge is -2.26. The number of halogens is 2. The molecular weight excluding hydrogens is 425 g/mol. The molecule has 3 rings (SSSR count). The third-order valence-corrected chi connectivity index (χ3v) is 5.74. The van der Waals surface area contributed by atoms with Gasteiger partial charge in [0.15, 0.2) is 0 Å². The average Bonchev–Trinajstić information content (AvgIpc) is 2.96. The highest BCUT2D eigenvalue weighted by Gasteiger charge is 2.46. The summed E-state index contributed by atoms with van der Waals surface area (Å²) in [4.78, 5) is 27.5. The normalized spacial score (nSPS) is 18.2. The number of benzene rings is 2. The predicted octanol–water partition coefficient (Wildman–Crippen LogP) is 5.53. The molecule has 2 aromatic rings. The Labute approximate surface area is 185 Å². The first-order chi connectivity index (χ1) is 14.3. The topological polar surface area (TPSA) is 66.8 Å². The highest BCUT2D eigenvalue weighted by atomic mass is 35.5. The first-order valence-corrected chi connectivity index (χ1v) is 10.4. The zero-order valence-corrected chi connectivity index (χ0v) is 18.5. The number of ether oxygens (including phenoxy) is 1. The summed E-state index contributed by atoms with van der Waals surface area (Å²) >= 11 is 12.4. The molecule has 1 aliphatic rings. The van der Waals surface area contributed by atoms with Gasteiger partial charge in [0, 0.05) is 11.6 Å². The van der Waals surface area contributed by atoms with Crippen LogP contribution in [0.5, 0.6) is 5.75 Å². The van der Waals surface area contributed by atoms with E-state index in [9.17, 15) is 14.7 Å². The molecule has 2 aromatic carbocycles. The summed E-state index contributed by atoms with van der Waals surface area (Å²) < 4.78 is 5.34. The molecule has 0 bridgehead atoms. The summed E-state index contributed by atoms with van der Waals surface area (Å²) in [5.41, 5.74) is 1.86. The van der Waals surface area contributed by atoms with Crippen molar-refractivity contribution in [1.29, 1.82) is 0 Å². The lowest BCUT2D eigenvalue weighted by Crippen LogP contribution is -2.30. The van der Waals surface area contributed by atoms with Crippen LogP contribution in [-0.2, 0) is 9.59 Å². The molecule has 1 unspecified atom stereocenters. The van der Waals surface area contributed by atoms with E-state index in [1.165, 1.54) is 24.1 Å². The smallest absolute Gasteiger partial charge is 0.295 e. The molecule has 1 heterocycles. The van der Waals surface area contributed by atoms with Crippen molar-refractivity contribution in [2.45, 2.75) is 32.7 Å². The maximum absolute atomic E-state index is 13.0. The minimum Gasteiger partial charge on any atom is -0.507 e. The molecule has 30 heavy (non-hydrogen) atoms. The van der Waals surface area contributed by atoms with Gasteiger partial charge in [-0.15, -0.1) is 0 Å². The molecule has 1 atom stereocenters. The maximum Gasteiger partial charge on any atom is 0.295 e. The second-order valence-electron chi connectivity index (χ2n) is 7.17. The Morgan fingerprint density at radius 1 is 1.20 bits per heavy atom. The third kappa shape index (κ3) is 3.92. The average molecular weight is 448 g/mol. The van der Waals surface area contributed by atoms with Crippen LogP contribution in [0.15, 0.2) is 42.0 Å². The fraction of sp³-hybridized carbons (Fsp3) is 0.304. The minimum absolute atomic E-state index is 0.00189. The van der Waals surface area contributed by atoms with E-state index < -0.39 is 17.7 Å². The Bertz CT molecular complexity index is 1030. The van der Waals surface area contributed by atoms with Gasteiger partial charge < -0.3 is 14.7 Å². The largest absolute Gasteiger partial charge is 0.507 e. The number of nitrogens with zero attached hydrogens (tertiary/aromatic N) is 1. The van der Waals surface area contributed by atoms with Gasteiger partial charge in [-0.25, -0.2) is 0 Å². The summed E-state index contributed by atoms with van der Waals surface area (Å²) in [6.45, 7) is 4.33. The number of likely N-dealkylation sites (tertiary alicyclic amines) is 1. The molecule has 0 spiro atoms. The Morgan fingerprint density at radius 3 is 2.53 bits per heavy atom. The third-order valence-electron chi connectivity index (χ3n) is 5.24. The fourth-order valence-corrected chi connectivity index (χ4v) is 4.32. The van der Waals surface area contributed by atoms with Crippen LogP contribution in [0.2, 0.25) is 10.0 Å². The number of unbranched alkanes of at least 4 members (excludes halogenated alkanes) is 1. The molecule has 0 radical (unpaired) electrons. The standard InChI is InChI=1S/C23H23Cl2NO4/c1-4-5-10-26-19(15-9-7-6-8-13(15)2)18(21(28)23(26)29)20(27)16-11-14(24)12-17(25)22(16)30-3/h6-9,11-12,19,27H,4-5,10H2,1-3H3/b20-18+. The van der Waals surface area contributed by atoms with Crippen molar-refractivity contribution in [1.82, 2.24) is 4.90 Å². The van der Waals surface area contributed by atoms with Crippen molar-refractivity contribution in [2.75, 3.05) is 13.7 Å². The van der Waals surface area contributed by atoms with Gasteiger partial charge in [0.2, 0.25) is 0 Å². The van der Waals surface area contributed by atoms with Crippen LogP contribution in [0.1, 0.15) is 42.5 Å². The molecule has 1 aliphatic heterocycles. The Morgan fingerprint density at radius 2 is 1.90 bits per heavy atom. The highest BCUT2D eigenvalue weighted by Crippen LogP contribution is 2.43. The van der Waals surface area contributed by atoms with Gasteiger partial charge >= 0.3 is 0 Å². The SMILES string of the molecule is CCCCN1C(=O)C(=O)/C(=C(/O)c2cc(Cl)cc(Cl)c2OC)C1c1ccccc1C.